The highest BCUT2D eigenvalue weighted by Crippen LogP contribution is 2.28. The van der Waals surface area contributed by atoms with E-state index in [4.69, 9.17) is 14.6 Å². The molecule has 0 spiro atoms. The molecule has 90 valence electrons. The van der Waals surface area contributed by atoms with Gasteiger partial charge >= 0.3 is 5.97 Å². The number of aliphatic carboxylic acids is 1. The summed E-state index contributed by atoms with van der Waals surface area (Å²) in [5.74, 6) is 4.91. The molecule has 17 heavy (non-hydrogen) atoms. The highest BCUT2D eigenvalue weighted by molar-refractivity contribution is 5.86. The summed E-state index contributed by atoms with van der Waals surface area (Å²) in [7, 11) is 3.15. The van der Waals surface area contributed by atoms with Gasteiger partial charge in [-0.1, -0.05) is 5.92 Å². The van der Waals surface area contributed by atoms with Gasteiger partial charge < -0.3 is 14.6 Å². The fraction of sp³-hybridized carbons (Fsp3) is 0.308. The smallest absolute Gasteiger partial charge is 0.381 e. The average Bonchev–Trinajstić information content (AvgIpc) is 2.30. The summed E-state index contributed by atoms with van der Waals surface area (Å²) >= 11 is 0. The molecule has 1 N–H and O–H groups in total. The van der Waals surface area contributed by atoms with Gasteiger partial charge in [0.1, 0.15) is 11.5 Å². The van der Waals surface area contributed by atoms with Crippen molar-refractivity contribution in [3.05, 3.63) is 23.3 Å². The lowest BCUT2D eigenvalue weighted by molar-refractivity contribution is -0.130. The Morgan fingerprint density at radius 1 is 1.29 bits per heavy atom. The first-order valence-electron chi connectivity index (χ1n) is 5.01. The molecule has 0 amide bonds. The van der Waals surface area contributed by atoms with Gasteiger partial charge in [-0.2, -0.15) is 0 Å². The molecule has 0 heterocycles. The molecule has 0 radical (unpaired) electrons. The average molecular weight is 234 g/mol. The van der Waals surface area contributed by atoms with E-state index in [2.05, 4.69) is 11.8 Å². The molecule has 0 aliphatic rings. The number of benzene rings is 1. The van der Waals surface area contributed by atoms with Gasteiger partial charge in [-0.05, 0) is 24.6 Å². The fourth-order valence-electron chi connectivity index (χ4n) is 1.47. The van der Waals surface area contributed by atoms with Crippen molar-refractivity contribution >= 4 is 5.97 Å². The van der Waals surface area contributed by atoms with Crippen LogP contribution in [-0.4, -0.2) is 25.3 Å². The maximum Gasteiger partial charge on any atom is 0.381 e. The minimum atomic E-state index is -1.14. The van der Waals surface area contributed by atoms with E-state index in [1.807, 2.05) is 19.1 Å². The number of ether oxygens (including phenoxy) is 2. The van der Waals surface area contributed by atoms with Crippen LogP contribution in [0.4, 0.5) is 0 Å². The van der Waals surface area contributed by atoms with Crippen molar-refractivity contribution in [3.63, 3.8) is 0 Å². The van der Waals surface area contributed by atoms with E-state index in [-0.39, 0.29) is 0 Å². The van der Waals surface area contributed by atoms with Crippen LogP contribution in [0.5, 0.6) is 11.5 Å². The van der Waals surface area contributed by atoms with E-state index < -0.39 is 5.97 Å². The van der Waals surface area contributed by atoms with Gasteiger partial charge in [0.05, 0.1) is 14.2 Å². The van der Waals surface area contributed by atoms with Crippen molar-refractivity contribution in [2.75, 3.05) is 14.2 Å². The molecule has 0 atom stereocenters. The summed E-state index contributed by atoms with van der Waals surface area (Å²) in [5, 5.41) is 8.43. The van der Waals surface area contributed by atoms with E-state index >= 15 is 0 Å². The number of hydrogen-bond donors (Lipinski definition) is 1. The number of carbonyl (C=O) groups is 1. The molecule has 0 aromatic heterocycles. The molecule has 0 bridgehead atoms. The van der Waals surface area contributed by atoms with Crippen LogP contribution in [0.2, 0.25) is 0 Å². The van der Waals surface area contributed by atoms with Crippen LogP contribution in [-0.2, 0) is 11.2 Å². The lowest BCUT2D eigenvalue weighted by Gasteiger charge is -2.11. The Morgan fingerprint density at radius 3 is 2.47 bits per heavy atom. The Morgan fingerprint density at radius 2 is 1.94 bits per heavy atom. The third-order valence-electron chi connectivity index (χ3n) is 2.27. The normalized spacial score (nSPS) is 9.12. The molecule has 1 aromatic carbocycles. The second-order valence-corrected chi connectivity index (χ2v) is 3.42. The summed E-state index contributed by atoms with van der Waals surface area (Å²) in [6.07, 6.45) is 0.312. The third-order valence-corrected chi connectivity index (χ3v) is 2.27. The molecule has 1 aromatic rings. The van der Waals surface area contributed by atoms with E-state index in [9.17, 15) is 4.79 Å². The zero-order valence-corrected chi connectivity index (χ0v) is 10.0. The lowest BCUT2D eigenvalue weighted by atomic mass is 10.1. The molecule has 0 unspecified atom stereocenters. The number of rotatable bonds is 3. The first-order chi connectivity index (χ1) is 8.08. The third kappa shape index (κ3) is 3.42. The Kier molecular flexibility index (Phi) is 4.41. The molecule has 0 saturated carbocycles. The number of carboxylic acids is 1. The Balaban J connectivity index is 3.05. The van der Waals surface area contributed by atoms with Crippen molar-refractivity contribution in [3.8, 4) is 23.3 Å². The molecule has 4 heteroatoms. The van der Waals surface area contributed by atoms with Crippen molar-refractivity contribution < 1.29 is 19.4 Å². The Bertz CT molecular complexity index is 480. The summed E-state index contributed by atoms with van der Waals surface area (Å²) in [4.78, 5) is 10.3. The second kappa shape index (κ2) is 5.80. The van der Waals surface area contributed by atoms with Crippen LogP contribution in [0.1, 0.15) is 11.1 Å². The van der Waals surface area contributed by atoms with Crippen LogP contribution in [0, 0.1) is 18.8 Å². The number of hydrogen-bond acceptors (Lipinski definition) is 3. The SMILES string of the molecule is COc1cc(CC#CC(=O)O)c(OC)cc1C. The predicted molar refractivity (Wildman–Crippen MR) is 63.4 cm³/mol. The van der Waals surface area contributed by atoms with Crippen LogP contribution in [0.3, 0.4) is 0 Å². The largest absolute Gasteiger partial charge is 0.496 e. The maximum absolute atomic E-state index is 10.3. The number of carboxylic acid groups (broad SMARTS) is 1. The first kappa shape index (κ1) is 12.9. The van der Waals surface area contributed by atoms with Crippen LogP contribution < -0.4 is 9.47 Å². The molecule has 0 fully saturated rings. The first-order valence-corrected chi connectivity index (χ1v) is 5.01. The van der Waals surface area contributed by atoms with Gasteiger partial charge in [0.15, 0.2) is 0 Å². The predicted octanol–water partition coefficient (Wildman–Crippen LogP) is 1.64. The van der Waals surface area contributed by atoms with E-state index in [1.165, 1.54) is 0 Å². The zero-order chi connectivity index (χ0) is 12.8. The lowest BCUT2D eigenvalue weighted by Crippen LogP contribution is -1.96. The van der Waals surface area contributed by atoms with Crippen molar-refractivity contribution in [1.29, 1.82) is 0 Å². The number of methoxy groups -OCH3 is 2. The summed E-state index contributed by atoms with van der Waals surface area (Å²) < 4.78 is 10.4. The number of aryl methyl sites for hydroxylation is 1. The van der Waals surface area contributed by atoms with Gasteiger partial charge in [-0.25, -0.2) is 4.79 Å². The highest BCUT2D eigenvalue weighted by Gasteiger charge is 2.07. The molecule has 0 aliphatic carbocycles. The molecule has 1 rings (SSSR count). The highest BCUT2D eigenvalue weighted by atomic mass is 16.5. The van der Waals surface area contributed by atoms with Crippen molar-refractivity contribution in [1.82, 2.24) is 0 Å². The maximum atomic E-state index is 10.3. The second-order valence-electron chi connectivity index (χ2n) is 3.42. The summed E-state index contributed by atoms with van der Waals surface area (Å²) in [6.45, 7) is 1.91. The Hall–Kier alpha value is -2.15. The van der Waals surface area contributed by atoms with Crippen molar-refractivity contribution in [2.24, 2.45) is 0 Å². The summed E-state index contributed by atoms with van der Waals surface area (Å²) in [6, 6.07) is 3.65. The van der Waals surface area contributed by atoms with Crippen LogP contribution in [0.25, 0.3) is 0 Å². The minimum Gasteiger partial charge on any atom is -0.496 e. The van der Waals surface area contributed by atoms with Crippen molar-refractivity contribution in [2.45, 2.75) is 13.3 Å². The zero-order valence-electron chi connectivity index (χ0n) is 10.0. The fourth-order valence-corrected chi connectivity index (χ4v) is 1.47. The molecule has 0 aliphatic heterocycles. The van der Waals surface area contributed by atoms with E-state index in [1.54, 1.807) is 14.2 Å². The van der Waals surface area contributed by atoms with Gasteiger partial charge in [-0.3, -0.25) is 0 Å². The van der Waals surface area contributed by atoms with Gasteiger partial charge in [0.2, 0.25) is 0 Å². The molecule has 0 saturated heterocycles. The monoisotopic (exact) mass is 234 g/mol. The Labute approximate surface area is 100 Å². The topological polar surface area (TPSA) is 55.8 Å². The van der Waals surface area contributed by atoms with Gasteiger partial charge in [0.25, 0.3) is 0 Å². The van der Waals surface area contributed by atoms with Gasteiger partial charge in [0, 0.05) is 17.9 Å². The van der Waals surface area contributed by atoms with E-state index in [0.29, 0.717) is 12.2 Å². The molecule has 4 nitrogen and oxygen atoms in total. The summed E-state index contributed by atoms with van der Waals surface area (Å²) in [5.41, 5.74) is 1.77. The minimum absolute atomic E-state index is 0.312. The quantitative estimate of drug-likeness (QED) is 0.808. The standard InChI is InChI=1S/C13H14O4/c1-9-7-12(17-3)10(8-11(9)16-2)5-4-6-13(14)15/h7-8H,5H2,1-3H3,(H,14,15). The van der Waals surface area contributed by atoms with E-state index in [0.717, 1.165) is 16.9 Å². The molecular formula is C13H14O4. The van der Waals surface area contributed by atoms with Crippen LogP contribution in [0.15, 0.2) is 12.1 Å². The van der Waals surface area contributed by atoms with Gasteiger partial charge in [-0.15, -0.1) is 0 Å². The molecular weight excluding hydrogens is 220 g/mol. The van der Waals surface area contributed by atoms with Crippen LogP contribution >= 0.6 is 0 Å².